The Morgan fingerprint density at radius 2 is 2.12 bits per heavy atom. The Hall–Kier alpha value is -2.55. The fraction of sp³-hybridized carbons (Fsp3) is 0.286. The molecule has 3 nitrogen and oxygen atoms in total. The van der Waals surface area contributed by atoms with E-state index in [1.165, 1.54) is 16.5 Å². The summed E-state index contributed by atoms with van der Waals surface area (Å²) in [5, 5.41) is 4.68. The van der Waals surface area contributed by atoms with Crippen molar-refractivity contribution < 1.29 is 0 Å². The van der Waals surface area contributed by atoms with E-state index in [4.69, 9.17) is 0 Å². The van der Waals surface area contributed by atoms with Gasteiger partial charge in [-0.3, -0.25) is 4.98 Å². The second kappa shape index (κ2) is 6.91. The molecule has 0 fully saturated rings. The zero-order valence-electron chi connectivity index (χ0n) is 14.7. The summed E-state index contributed by atoms with van der Waals surface area (Å²) in [5.41, 5.74) is 6.74. The van der Waals surface area contributed by atoms with Gasteiger partial charge in [-0.1, -0.05) is 37.6 Å². The van der Waals surface area contributed by atoms with E-state index in [0.717, 1.165) is 35.3 Å². The van der Waals surface area contributed by atoms with E-state index in [2.05, 4.69) is 73.0 Å². The van der Waals surface area contributed by atoms with Gasteiger partial charge in [-0.2, -0.15) is 0 Å². The highest BCUT2D eigenvalue weighted by molar-refractivity contribution is 5.92. The van der Waals surface area contributed by atoms with Gasteiger partial charge in [0.15, 0.2) is 0 Å². The van der Waals surface area contributed by atoms with Crippen LogP contribution in [0, 0.1) is 6.92 Å². The van der Waals surface area contributed by atoms with Crippen molar-refractivity contribution in [2.24, 2.45) is 0 Å². The third kappa shape index (κ3) is 3.35. The molecule has 0 spiro atoms. The normalized spacial score (nSPS) is 12.3. The maximum atomic E-state index is 4.60. The van der Waals surface area contributed by atoms with E-state index >= 15 is 0 Å². The monoisotopic (exact) mass is 319 g/mol. The third-order valence-electron chi connectivity index (χ3n) is 4.38. The van der Waals surface area contributed by atoms with Crippen LogP contribution < -0.4 is 5.32 Å². The highest BCUT2D eigenvalue weighted by Gasteiger charge is 2.12. The average molecular weight is 319 g/mol. The second-order valence-corrected chi connectivity index (χ2v) is 6.44. The molecule has 0 aliphatic heterocycles. The van der Waals surface area contributed by atoms with Crippen LogP contribution in [0.15, 0.2) is 49.3 Å². The van der Waals surface area contributed by atoms with Gasteiger partial charge >= 0.3 is 0 Å². The van der Waals surface area contributed by atoms with E-state index in [1.54, 1.807) is 0 Å². The van der Waals surface area contributed by atoms with Crippen molar-refractivity contribution in [1.29, 1.82) is 0 Å². The molecule has 2 aromatic heterocycles. The Kier molecular flexibility index (Phi) is 4.70. The topological polar surface area (TPSA) is 40.7 Å². The number of H-pyrrole nitrogens is 1. The quantitative estimate of drug-likeness (QED) is 0.660. The van der Waals surface area contributed by atoms with Crippen LogP contribution in [-0.2, 0) is 6.42 Å². The maximum Gasteiger partial charge on any atom is 0.0657 e. The van der Waals surface area contributed by atoms with Crippen LogP contribution in [0.3, 0.4) is 0 Å². The van der Waals surface area contributed by atoms with Crippen molar-refractivity contribution >= 4 is 16.6 Å². The minimum atomic E-state index is 0.114. The van der Waals surface area contributed by atoms with Crippen LogP contribution in [0.2, 0.25) is 0 Å². The first-order chi connectivity index (χ1) is 11.6. The molecule has 3 aromatic rings. The van der Waals surface area contributed by atoms with Crippen molar-refractivity contribution in [3.63, 3.8) is 0 Å². The first-order valence-electron chi connectivity index (χ1n) is 8.57. The molecule has 0 saturated heterocycles. The van der Waals surface area contributed by atoms with Crippen LogP contribution in [0.25, 0.3) is 16.6 Å². The second-order valence-electron chi connectivity index (χ2n) is 6.44. The molecule has 2 heterocycles. The summed E-state index contributed by atoms with van der Waals surface area (Å²) in [4.78, 5) is 7.91. The highest BCUT2D eigenvalue weighted by atomic mass is 14.9. The lowest BCUT2D eigenvalue weighted by Gasteiger charge is -2.17. The van der Waals surface area contributed by atoms with Gasteiger partial charge in [0, 0.05) is 34.6 Å². The van der Waals surface area contributed by atoms with Gasteiger partial charge in [0.25, 0.3) is 0 Å². The largest absolute Gasteiger partial charge is 0.377 e. The van der Waals surface area contributed by atoms with Crippen molar-refractivity contribution in [1.82, 2.24) is 15.3 Å². The molecule has 124 valence electrons. The molecule has 3 rings (SSSR count). The van der Waals surface area contributed by atoms with E-state index < -0.39 is 0 Å². The summed E-state index contributed by atoms with van der Waals surface area (Å²) in [6.07, 6.45) is 6.22. The van der Waals surface area contributed by atoms with Gasteiger partial charge < -0.3 is 10.3 Å². The van der Waals surface area contributed by atoms with Crippen LogP contribution in [0.4, 0.5) is 0 Å². The van der Waals surface area contributed by atoms with Crippen molar-refractivity contribution in [3.05, 3.63) is 71.7 Å². The van der Waals surface area contributed by atoms with Gasteiger partial charge in [-0.05, 0) is 44.0 Å². The summed E-state index contributed by atoms with van der Waals surface area (Å²) in [7, 11) is 0. The Morgan fingerprint density at radius 1 is 1.29 bits per heavy atom. The molecular formula is C21H25N3. The molecule has 0 aliphatic carbocycles. The van der Waals surface area contributed by atoms with Crippen molar-refractivity contribution in [2.45, 2.75) is 39.7 Å². The number of aryl methyl sites for hydroxylation is 2. The first-order valence-corrected chi connectivity index (χ1v) is 8.57. The molecule has 0 bridgehead atoms. The standard InChI is InChI=1S/C21H25N3/c1-5-6-17-8-10-20(22-12-17)16(4)24-15(3)19-13-23-21-9-7-14(2)11-18(19)21/h7-13,16,23-24H,3,5-6H2,1-2,4H3. The molecule has 1 atom stereocenters. The molecule has 0 radical (unpaired) electrons. The average Bonchev–Trinajstić information content (AvgIpc) is 2.98. The fourth-order valence-electron chi connectivity index (χ4n) is 3.03. The lowest BCUT2D eigenvalue weighted by molar-refractivity contribution is 0.677. The van der Waals surface area contributed by atoms with Crippen molar-refractivity contribution in [2.75, 3.05) is 0 Å². The smallest absolute Gasteiger partial charge is 0.0657 e. The van der Waals surface area contributed by atoms with Gasteiger partial charge in [-0.25, -0.2) is 0 Å². The predicted octanol–water partition coefficient (Wildman–Crippen LogP) is 5.15. The molecule has 3 heteroatoms. The van der Waals surface area contributed by atoms with E-state index in [-0.39, 0.29) is 6.04 Å². The van der Waals surface area contributed by atoms with E-state index in [0.29, 0.717) is 0 Å². The number of pyridine rings is 1. The summed E-state index contributed by atoms with van der Waals surface area (Å²) in [6, 6.07) is 10.8. The number of nitrogens with zero attached hydrogens (tertiary/aromatic N) is 1. The van der Waals surface area contributed by atoms with E-state index in [9.17, 15) is 0 Å². The summed E-state index contributed by atoms with van der Waals surface area (Å²) < 4.78 is 0. The Morgan fingerprint density at radius 3 is 2.83 bits per heavy atom. The number of aromatic amines is 1. The number of rotatable bonds is 6. The molecule has 2 N–H and O–H groups in total. The van der Waals surface area contributed by atoms with E-state index in [1.807, 2.05) is 12.4 Å². The number of benzene rings is 1. The van der Waals surface area contributed by atoms with Gasteiger partial charge in [0.1, 0.15) is 0 Å². The Labute approximate surface area is 143 Å². The minimum absolute atomic E-state index is 0.114. The van der Waals surface area contributed by atoms with Crippen molar-refractivity contribution in [3.8, 4) is 0 Å². The van der Waals surface area contributed by atoms with Gasteiger partial charge in [-0.15, -0.1) is 0 Å². The molecule has 0 amide bonds. The lowest BCUT2D eigenvalue weighted by Crippen LogP contribution is -2.17. The number of aromatic nitrogens is 2. The Balaban J connectivity index is 1.76. The summed E-state index contributed by atoms with van der Waals surface area (Å²) in [5.74, 6) is 0. The van der Waals surface area contributed by atoms with Crippen LogP contribution in [0.5, 0.6) is 0 Å². The highest BCUT2D eigenvalue weighted by Crippen LogP contribution is 2.25. The lowest BCUT2D eigenvalue weighted by atomic mass is 10.1. The van der Waals surface area contributed by atoms with Gasteiger partial charge in [0.2, 0.25) is 0 Å². The number of fused-ring (bicyclic) bond motifs is 1. The zero-order valence-corrected chi connectivity index (χ0v) is 14.7. The molecule has 24 heavy (non-hydrogen) atoms. The maximum absolute atomic E-state index is 4.60. The number of hydrogen-bond acceptors (Lipinski definition) is 2. The molecular weight excluding hydrogens is 294 g/mol. The molecule has 0 saturated carbocycles. The summed E-state index contributed by atoms with van der Waals surface area (Å²) in [6.45, 7) is 10.6. The number of hydrogen-bond donors (Lipinski definition) is 2. The molecule has 1 unspecified atom stereocenters. The van der Waals surface area contributed by atoms with Crippen LogP contribution >= 0.6 is 0 Å². The Bertz CT molecular complexity index is 843. The van der Waals surface area contributed by atoms with Gasteiger partial charge in [0.05, 0.1) is 11.7 Å². The third-order valence-corrected chi connectivity index (χ3v) is 4.38. The minimum Gasteiger partial charge on any atom is -0.377 e. The SMILES string of the molecule is C=C(NC(C)c1ccc(CCC)cn1)c1c[nH]c2ccc(C)cc12. The predicted molar refractivity (Wildman–Crippen MR) is 102 cm³/mol. The molecule has 1 aromatic carbocycles. The zero-order chi connectivity index (χ0) is 17.1. The molecule has 0 aliphatic rings. The summed E-state index contributed by atoms with van der Waals surface area (Å²) >= 11 is 0. The number of nitrogens with one attached hydrogen (secondary N) is 2. The fourth-order valence-corrected chi connectivity index (χ4v) is 3.03. The first kappa shape index (κ1) is 16.3. The van der Waals surface area contributed by atoms with Crippen LogP contribution in [0.1, 0.15) is 48.7 Å². The van der Waals surface area contributed by atoms with Crippen LogP contribution in [-0.4, -0.2) is 9.97 Å².